The second kappa shape index (κ2) is 9.31. The van der Waals surface area contributed by atoms with Crippen molar-refractivity contribution in [2.75, 3.05) is 11.9 Å². The highest BCUT2D eigenvalue weighted by atomic mass is 16.5. The number of carbonyl (C=O) groups is 3. The second-order valence-electron chi connectivity index (χ2n) is 5.33. The molecule has 0 saturated heterocycles. The standard InChI is InChI=1S/C19H20N2O5/c1-3-16(26-19(24)14-9-11-20-12-10-14)17(22)21-15-7-5-13(6-8-15)18(23)25-4-2/h5-12,16H,3-4H2,1-2H3,(H,21,22). The maximum atomic E-state index is 12.3. The lowest BCUT2D eigenvalue weighted by Gasteiger charge is -2.16. The third-order valence-corrected chi connectivity index (χ3v) is 3.49. The van der Waals surface area contributed by atoms with Crippen molar-refractivity contribution in [2.24, 2.45) is 0 Å². The number of carbonyl (C=O) groups excluding carboxylic acids is 3. The first-order valence-electron chi connectivity index (χ1n) is 8.24. The molecule has 7 heteroatoms. The lowest BCUT2D eigenvalue weighted by molar-refractivity contribution is -0.124. The second-order valence-corrected chi connectivity index (χ2v) is 5.33. The minimum Gasteiger partial charge on any atom is -0.462 e. The summed E-state index contributed by atoms with van der Waals surface area (Å²) in [4.78, 5) is 39.9. The molecule has 1 N–H and O–H groups in total. The molecular weight excluding hydrogens is 336 g/mol. The van der Waals surface area contributed by atoms with Crippen LogP contribution >= 0.6 is 0 Å². The summed E-state index contributed by atoms with van der Waals surface area (Å²) >= 11 is 0. The van der Waals surface area contributed by atoms with Crippen LogP contribution in [0.25, 0.3) is 0 Å². The maximum Gasteiger partial charge on any atom is 0.339 e. The largest absolute Gasteiger partial charge is 0.462 e. The summed E-state index contributed by atoms with van der Waals surface area (Å²) in [6.45, 7) is 3.76. The van der Waals surface area contributed by atoms with Gasteiger partial charge in [0.05, 0.1) is 17.7 Å². The molecule has 0 spiro atoms. The van der Waals surface area contributed by atoms with Crippen molar-refractivity contribution < 1.29 is 23.9 Å². The van der Waals surface area contributed by atoms with Crippen LogP contribution < -0.4 is 5.32 Å². The van der Waals surface area contributed by atoms with Crippen LogP contribution in [0.1, 0.15) is 41.0 Å². The number of anilines is 1. The first-order valence-corrected chi connectivity index (χ1v) is 8.24. The number of hydrogen-bond donors (Lipinski definition) is 1. The van der Waals surface area contributed by atoms with Crippen molar-refractivity contribution >= 4 is 23.5 Å². The molecule has 1 amide bonds. The van der Waals surface area contributed by atoms with E-state index in [9.17, 15) is 14.4 Å². The van der Waals surface area contributed by atoms with E-state index in [1.54, 1.807) is 38.1 Å². The summed E-state index contributed by atoms with van der Waals surface area (Å²) in [5.74, 6) is -1.46. The van der Waals surface area contributed by atoms with Gasteiger partial charge < -0.3 is 14.8 Å². The highest BCUT2D eigenvalue weighted by Crippen LogP contribution is 2.13. The smallest absolute Gasteiger partial charge is 0.339 e. The zero-order valence-electron chi connectivity index (χ0n) is 14.6. The molecular formula is C19H20N2O5. The summed E-state index contributed by atoms with van der Waals surface area (Å²) in [6, 6.07) is 9.31. The molecule has 2 aromatic rings. The average Bonchev–Trinajstić information content (AvgIpc) is 2.67. The van der Waals surface area contributed by atoms with Crippen molar-refractivity contribution in [3.05, 3.63) is 59.9 Å². The summed E-state index contributed by atoms with van der Waals surface area (Å²) < 4.78 is 10.2. The topological polar surface area (TPSA) is 94.6 Å². The van der Waals surface area contributed by atoms with Gasteiger partial charge in [-0.3, -0.25) is 9.78 Å². The molecule has 2 rings (SSSR count). The van der Waals surface area contributed by atoms with Gasteiger partial charge in [-0.25, -0.2) is 9.59 Å². The first kappa shape index (κ1) is 19.1. The lowest BCUT2D eigenvalue weighted by atomic mass is 10.2. The van der Waals surface area contributed by atoms with Gasteiger partial charge in [0, 0.05) is 18.1 Å². The maximum absolute atomic E-state index is 12.3. The van der Waals surface area contributed by atoms with Crippen LogP contribution in [0, 0.1) is 0 Å². The highest BCUT2D eigenvalue weighted by molar-refractivity contribution is 5.98. The normalized spacial score (nSPS) is 11.3. The van der Waals surface area contributed by atoms with E-state index in [2.05, 4.69) is 10.3 Å². The highest BCUT2D eigenvalue weighted by Gasteiger charge is 2.22. The molecule has 26 heavy (non-hydrogen) atoms. The fourth-order valence-corrected chi connectivity index (χ4v) is 2.13. The zero-order valence-corrected chi connectivity index (χ0v) is 14.6. The number of aromatic nitrogens is 1. The Bertz CT molecular complexity index is 759. The van der Waals surface area contributed by atoms with Gasteiger partial charge in [0.2, 0.25) is 0 Å². The fourth-order valence-electron chi connectivity index (χ4n) is 2.13. The molecule has 1 aromatic heterocycles. The van der Waals surface area contributed by atoms with Crippen molar-refractivity contribution in [1.29, 1.82) is 0 Å². The quantitative estimate of drug-likeness (QED) is 0.767. The Morgan fingerprint density at radius 1 is 0.962 bits per heavy atom. The van der Waals surface area contributed by atoms with E-state index in [-0.39, 0.29) is 0 Å². The van der Waals surface area contributed by atoms with Crippen LogP contribution in [0.15, 0.2) is 48.8 Å². The molecule has 0 radical (unpaired) electrons. The number of pyridine rings is 1. The average molecular weight is 356 g/mol. The summed E-state index contributed by atoms with van der Waals surface area (Å²) in [5.41, 5.74) is 1.20. The molecule has 1 heterocycles. The Morgan fingerprint density at radius 2 is 1.58 bits per heavy atom. The third kappa shape index (κ3) is 5.14. The van der Waals surface area contributed by atoms with Gasteiger partial charge in [-0.05, 0) is 49.7 Å². The summed E-state index contributed by atoms with van der Waals surface area (Å²) in [7, 11) is 0. The Labute approximate surface area is 151 Å². The van der Waals surface area contributed by atoms with Crippen molar-refractivity contribution in [3.8, 4) is 0 Å². The number of nitrogens with zero attached hydrogens (tertiary/aromatic N) is 1. The van der Waals surface area contributed by atoms with Gasteiger partial charge in [-0.15, -0.1) is 0 Å². The minimum absolute atomic E-state index is 0.290. The Hall–Kier alpha value is -3.22. The van der Waals surface area contributed by atoms with E-state index in [4.69, 9.17) is 9.47 Å². The SMILES string of the molecule is CCOC(=O)c1ccc(NC(=O)C(CC)OC(=O)c2ccncc2)cc1. The van der Waals surface area contributed by atoms with Crippen LogP contribution in [0.2, 0.25) is 0 Å². The molecule has 1 unspecified atom stereocenters. The van der Waals surface area contributed by atoms with E-state index in [0.717, 1.165) is 0 Å². The van der Waals surface area contributed by atoms with Gasteiger partial charge in [-0.1, -0.05) is 6.92 Å². The lowest BCUT2D eigenvalue weighted by Crippen LogP contribution is -2.32. The van der Waals surface area contributed by atoms with Gasteiger partial charge >= 0.3 is 11.9 Å². The molecule has 0 bridgehead atoms. The number of amides is 1. The Morgan fingerprint density at radius 3 is 2.15 bits per heavy atom. The van der Waals surface area contributed by atoms with Crippen LogP contribution in [0.3, 0.4) is 0 Å². The van der Waals surface area contributed by atoms with Gasteiger partial charge in [0.25, 0.3) is 5.91 Å². The molecule has 1 aromatic carbocycles. The number of nitrogens with one attached hydrogen (secondary N) is 1. The van der Waals surface area contributed by atoms with E-state index >= 15 is 0 Å². The summed E-state index contributed by atoms with van der Waals surface area (Å²) in [5, 5.41) is 2.67. The zero-order chi connectivity index (χ0) is 18.9. The monoisotopic (exact) mass is 356 g/mol. The number of hydrogen-bond acceptors (Lipinski definition) is 6. The molecule has 0 fully saturated rings. The molecule has 136 valence electrons. The Balaban J connectivity index is 1.98. The van der Waals surface area contributed by atoms with E-state index in [1.807, 2.05) is 0 Å². The molecule has 1 atom stereocenters. The minimum atomic E-state index is -0.930. The van der Waals surface area contributed by atoms with Gasteiger partial charge in [-0.2, -0.15) is 0 Å². The van der Waals surface area contributed by atoms with Crippen molar-refractivity contribution in [3.63, 3.8) is 0 Å². The van der Waals surface area contributed by atoms with Crippen molar-refractivity contribution in [1.82, 2.24) is 4.98 Å². The van der Waals surface area contributed by atoms with Crippen molar-refractivity contribution in [2.45, 2.75) is 26.4 Å². The molecule has 0 saturated carbocycles. The van der Waals surface area contributed by atoms with Gasteiger partial charge in [0.15, 0.2) is 6.10 Å². The predicted molar refractivity (Wildman–Crippen MR) is 94.8 cm³/mol. The molecule has 7 nitrogen and oxygen atoms in total. The first-order chi connectivity index (χ1) is 12.5. The van der Waals surface area contributed by atoms with Crippen LogP contribution in [-0.2, 0) is 14.3 Å². The number of esters is 2. The molecule has 0 aliphatic heterocycles. The van der Waals surface area contributed by atoms with E-state index in [0.29, 0.717) is 29.8 Å². The van der Waals surface area contributed by atoms with E-state index in [1.165, 1.54) is 24.5 Å². The van der Waals surface area contributed by atoms with Crippen LogP contribution in [-0.4, -0.2) is 35.5 Å². The molecule has 0 aliphatic carbocycles. The predicted octanol–water partition coefficient (Wildman–Crippen LogP) is 2.83. The third-order valence-electron chi connectivity index (χ3n) is 3.49. The van der Waals surface area contributed by atoms with E-state index < -0.39 is 23.9 Å². The number of rotatable bonds is 7. The summed E-state index contributed by atoms with van der Waals surface area (Å²) in [6.07, 6.45) is 2.34. The fraction of sp³-hybridized carbons (Fsp3) is 0.263. The Kier molecular flexibility index (Phi) is 6.84. The number of ether oxygens (including phenoxy) is 2. The van der Waals surface area contributed by atoms with Crippen LogP contribution in [0.4, 0.5) is 5.69 Å². The number of benzene rings is 1. The van der Waals surface area contributed by atoms with Gasteiger partial charge in [0.1, 0.15) is 0 Å². The molecule has 0 aliphatic rings. The van der Waals surface area contributed by atoms with Crippen LogP contribution in [0.5, 0.6) is 0 Å².